The number of hydrogen-bond acceptors (Lipinski definition) is 2. The Morgan fingerprint density at radius 2 is 1.88 bits per heavy atom. The second kappa shape index (κ2) is 8.28. The molecular weight excluding hydrogens is 319 g/mol. The molecule has 0 saturated heterocycles. The second-order valence-corrected chi connectivity index (χ2v) is 7.04. The summed E-state index contributed by atoms with van der Waals surface area (Å²) in [4.78, 5) is 24.4. The molecule has 0 heterocycles. The van der Waals surface area contributed by atoms with Crippen LogP contribution < -0.4 is 10.6 Å². The van der Waals surface area contributed by atoms with Gasteiger partial charge in [0.1, 0.15) is 5.82 Å². The van der Waals surface area contributed by atoms with Gasteiger partial charge in [-0.05, 0) is 49.8 Å². The van der Waals surface area contributed by atoms with Gasteiger partial charge in [0.25, 0.3) is 0 Å². The fraction of sp³-hybridized carbons (Fsp3) is 0.500. The minimum absolute atomic E-state index is 0.0412. The van der Waals surface area contributed by atoms with Crippen LogP contribution in [0.5, 0.6) is 0 Å². The van der Waals surface area contributed by atoms with E-state index in [-0.39, 0.29) is 29.3 Å². The zero-order valence-corrected chi connectivity index (χ0v) is 14.4. The van der Waals surface area contributed by atoms with Crippen molar-refractivity contribution < 1.29 is 14.0 Å². The van der Waals surface area contributed by atoms with Crippen molar-refractivity contribution >= 4 is 23.2 Å². The van der Waals surface area contributed by atoms with Crippen LogP contribution in [-0.4, -0.2) is 11.8 Å². The molecule has 2 amide bonds. The maximum atomic E-state index is 14.0. The number of carbonyl (C=O) groups excluding carboxylic acids is 2. The van der Waals surface area contributed by atoms with Crippen molar-refractivity contribution in [2.75, 3.05) is 10.6 Å². The van der Waals surface area contributed by atoms with E-state index in [1.54, 1.807) is 0 Å². The molecule has 2 aliphatic rings. The summed E-state index contributed by atoms with van der Waals surface area (Å²) >= 11 is 0. The van der Waals surface area contributed by atoms with E-state index in [9.17, 15) is 14.0 Å². The summed E-state index contributed by atoms with van der Waals surface area (Å²) in [5.41, 5.74) is 0.640. The van der Waals surface area contributed by atoms with Crippen molar-refractivity contribution in [1.29, 1.82) is 0 Å². The molecular formula is C20H25FN2O2. The first-order valence-electron chi connectivity index (χ1n) is 9.19. The third-order valence-electron chi connectivity index (χ3n) is 5.04. The lowest BCUT2D eigenvalue weighted by Crippen LogP contribution is -2.25. The summed E-state index contributed by atoms with van der Waals surface area (Å²) in [6, 6.07) is 4.30. The number of nitrogens with one attached hydrogen (secondary N) is 2. The second-order valence-electron chi connectivity index (χ2n) is 7.04. The van der Waals surface area contributed by atoms with Gasteiger partial charge in [-0.1, -0.05) is 31.4 Å². The van der Waals surface area contributed by atoms with Crippen molar-refractivity contribution in [2.24, 2.45) is 11.8 Å². The number of benzene rings is 1. The minimum atomic E-state index is -0.485. The molecule has 2 N–H and O–H groups in total. The Hall–Kier alpha value is -2.17. The van der Waals surface area contributed by atoms with Gasteiger partial charge in [0.2, 0.25) is 11.8 Å². The van der Waals surface area contributed by atoms with E-state index >= 15 is 0 Å². The van der Waals surface area contributed by atoms with E-state index in [0.717, 1.165) is 44.9 Å². The number of halogens is 1. The largest absolute Gasteiger partial charge is 0.326 e. The van der Waals surface area contributed by atoms with Gasteiger partial charge in [0.15, 0.2) is 0 Å². The highest BCUT2D eigenvalue weighted by atomic mass is 19.1. The van der Waals surface area contributed by atoms with E-state index < -0.39 is 5.82 Å². The zero-order chi connectivity index (χ0) is 17.6. The molecule has 1 aromatic carbocycles. The SMILES string of the molecule is O=C(CC1C=CCC1)Nc1ccc(F)c(NC(=O)C2CCCCC2)c1. The minimum Gasteiger partial charge on any atom is -0.326 e. The van der Waals surface area contributed by atoms with Gasteiger partial charge >= 0.3 is 0 Å². The van der Waals surface area contributed by atoms with Gasteiger partial charge in [-0.3, -0.25) is 9.59 Å². The molecule has 0 aromatic heterocycles. The first-order valence-corrected chi connectivity index (χ1v) is 9.19. The normalized spacial score (nSPS) is 20.4. The summed E-state index contributed by atoms with van der Waals surface area (Å²) < 4.78 is 14.0. The van der Waals surface area contributed by atoms with Gasteiger partial charge in [0, 0.05) is 18.0 Å². The summed E-state index contributed by atoms with van der Waals surface area (Å²) in [5, 5.41) is 5.49. The van der Waals surface area contributed by atoms with Gasteiger partial charge in [0.05, 0.1) is 5.69 Å². The zero-order valence-electron chi connectivity index (χ0n) is 14.4. The lowest BCUT2D eigenvalue weighted by Gasteiger charge is -2.21. The average Bonchev–Trinajstić information content (AvgIpc) is 3.11. The number of allylic oxidation sites excluding steroid dienone is 2. The molecule has 4 nitrogen and oxygen atoms in total. The third kappa shape index (κ3) is 4.91. The molecule has 1 unspecified atom stereocenters. The van der Waals surface area contributed by atoms with E-state index in [2.05, 4.69) is 22.8 Å². The molecule has 134 valence electrons. The van der Waals surface area contributed by atoms with Crippen molar-refractivity contribution in [3.05, 3.63) is 36.2 Å². The van der Waals surface area contributed by atoms with E-state index in [0.29, 0.717) is 12.1 Å². The average molecular weight is 344 g/mol. The predicted molar refractivity (Wildman–Crippen MR) is 96.7 cm³/mol. The number of carbonyl (C=O) groups is 2. The van der Waals surface area contributed by atoms with Crippen LogP contribution in [0.3, 0.4) is 0 Å². The van der Waals surface area contributed by atoms with E-state index in [4.69, 9.17) is 0 Å². The monoisotopic (exact) mass is 344 g/mol. The molecule has 3 rings (SSSR count). The van der Waals surface area contributed by atoms with Crippen molar-refractivity contribution in [2.45, 2.75) is 51.4 Å². The lowest BCUT2D eigenvalue weighted by atomic mass is 9.88. The highest BCUT2D eigenvalue weighted by Gasteiger charge is 2.22. The smallest absolute Gasteiger partial charge is 0.227 e. The Labute approximate surface area is 147 Å². The molecule has 0 radical (unpaired) electrons. The Morgan fingerprint density at radius 3 is 2.60 bits per heavy atom. The van der Waals surface area contributed by atoms with Gasteiger partial charge < -0.3 is 10.6 Å². The lowest BCUT2D eigenvalue weighted by molar-refractivity contribution is -0.120. The number of amides is 2. The highest BCUT2D eigenvalue weighted by molar-refractivity contribution is 5.95. The molecule has 2 aliphatic carbocycles. The van der Waals surface area contributed by atoms with Crippen LogP contribution in [-0.2, 0) is 9.59 Å². The van der Waals surface area contributed by atoms with Gasteiger partial charge in [-0.2, -0.15) is 0 Å². The molecule has 1 fully saturated rings. The van der Waals surface area contributed by atoms with Crippen molar-refractivity contribution in [3.63, 3.8) is 0 Å². The molecule has 1 saturated carbocycles. The molecule has 0 spiro atoms. The Morgan fingerprint density at radius 1 is 1.08 bits per heavy atom. The summed E-state index contributed by atoms with van der Waals surface area (Å²) in [6.07, 6.45) is 11.6. The molecule has 0 aliphatic heterocycles. The van der Waals surface area contributed by atoms with Gasteiger partial charge in [-0.15, -0.1) is 0 Å². The standard InChI is InChI=1S/C20H25FN2O2/c21-17-11-10-16(22-19(24)12-14-6-4-5-7-14)13-18(17)23-20(25)15-8-2-1-3-9-15/h4,6,10-11,13-15H,1-3,5,7-9,12H2,(H,22,24)(H,23,25). The number of anilines is 2. The topological polar surface area (TPSA) is 58.2 Å². The van der Waals surface area contributed by atoms with Gasteiger partial charge in [-0.25, -0.2) is 4.39 Å². The summed E-state index contributed by atoms with van der Waals surface area (Å²) in [7, 11) is 0. The fourth-order valence-electron chi connectivity index (χ4n) is 3.61. The van der Waals surface area contributed by atoms with Crippen LogP contribution in [0.1, 0.15) is 51.4 Å². The maximum Gasteiger partial charge on any atom is 0.227 e. The molecule has 0 bridgehead atoms. The summed E-state index contributed by atoms with van der Waals surface area (Å²) in [6.45, 7) is 0. The number of rotatable bonds is 5. The quantitative estimate of drug-likeness (QED) is 0.765. The predicted octanol–water partition coefficient (Wildman–Crippen LogP) is 4.64. The molecule has 1 aromatic rings. The van der Waals surface area contributed by atoms with E-state index in [1.807, 2.05) is 0 Å². The highest BCUT2D eigenvalue weighted by Crippen LogP contribution is 2.27. The first-order chi connectivity index (χ1) is 12.1. The number of hydrogen-bond donors (Lipinski definition) is 2. The third-order valence-corrected chi connectivity index (χ3v) is 5.04. The van der Waals surface area contributed by atoms with Crippen molar-refractivity contribution in [1.82, 2.24) is 0 Å². The van der Waals surface area contributed by atoms with Crippen LogP contribution in [0.4, 0.5) is 15.8 Å². The first kappa shape index (κ1) is 17.6. The molecule has 1 atom stereocenters. The fourth-order valence-corrected chi connectivity index (χ4v) is 3.61. The van der Waals surface area contributed by atoms with Crippen LogP contribution in [0.2, 0.25) is 0 Å². The Balaban J connectivity index is 1.60. The van der Waals surface area contributed by atoms with Crippen LogP contribution in [0.15, 0.2) is 30.4 Å². The Kier molecular flexibility index (Phi) is 5.84. The Bertz CT molecular complexity index is 666. The maximum absolute atomic E-state index is 14.0. The van der Waals surface area contributed by atoms with E-state index in [1.165, 1.54) is 18.2 Å². The van der Waals surface area contributed by atoms with Crippen LogP contribution in [0, 0.1) is 17.7 Å². The summed E-state index contributed by atoms with van der Waals surface area (Å²) in [5.74, 6) is -0.460. The van der Waals surface area contributed by atoms with Crippen LogP contribution in [0.25, 0.3) is 0 Å². The van der Waals surface area contributed by atoms with Crippen molar-refractivity contribution in [3.8, 4) is 0 Å². The van der Waals surface area contributed by atoms with Crippen LogP contribution >= 0.6 is 0 Å². The molecule has 5 heteroatoms. The molecule has 25 heavy (non-hydrogen) atoms.